The Hall–Kier alpha value is -3.62. The molecule has 0 bridgehead atoms. The molecule has 2 aromatic carbocycles. The molecule has 34 heavy (non-hydrogen) atoms. The van der Waals surface area contributed by atoms with E-state index in [1.165, 1.54) is 10.9 Å². The lowest BCUT2D eigenvalue weighted by molar-refractivity contribution is -0.142. The molecule has 2 aromatic heterocycles. The number of fused-ring (bicyclic) bond motifs is 2. The minimum atomic E-state index is -4.53. The Kier molecular flexibility index (Phi) is 5.85. The second-order valence-electron chi connectivity index (χ2n) is 8.60. The van der Waals surface area contributed by atoms with Crippen LogP contribution in [0.3, 0.4) is 0 Å². The first kappa shape index (κ1) is 22.2. The molecule has 0 aliphatic heterocycles. The average Bonchev–Trinajstić information content (AvgIpc) is 3.29. The van der Waals surface area contributed by atoms with Gasteiger partial charge in [0, 0.05) is 17.5 Å². The number of carbonyl (C=O) groups is 1. The van der Waals surface area contributed by atoms with E-state index in [0.29, 0.717) is 37.2 Å². The molecule has 0 unspecified atom stereocenters. The fourth-order valence-corrected chi connectivity index (χ4v) is 4.66. The van der Waals surface area contributed by atoms with Crippen LogP contribution in [0, 0.1) is 0 Å². The van der Waals surface area contributed by atoms with Gasteiger partial charge >= 0.3 is 6.18 Å². The van der Waals surface area contributed by atoms with Crippen molar-refractivity contribution in [2.24, 2.45) is 0 Å². The minimum Gasteiger partial charge on any atom is -0.322 e. The zero-order valence-corrected chi connectivity index (χ0v) is 18.5. The summed E-state index contributed by atoms with van der Waals surface area (Å²) in [5.74, 6) is -0.437. The molecule has 2 heterocycles. The summed E-state index contributed by atoms with van der Waals surface area (Å²) in [4.78, 5) is 12.7. The number of hydrogen-bond donors (Lipinski definition) is 1. The lowest BCUT2D eigenvalue weighted by atomic mass is 10.0. The minimum absolute atomic E-state index is 0.237. The third kappa shape index (κ3) is 4.55. The number of benzene rings is 2. The molecule has 1 amide bonds. The zero-order valence-electron chi connectivity index (χ0n) is 18.5. The van der Waals surface area contributed by atoms with Crippen LogP contribution in [0.1, 0.15) is 41.8 Å². The molecule has 1 aliphatic rings. The fraction of sp³-hybridized carbons (Fsp3) is 0.320. The summed E-state index contributed by atoms with van der Waals surface area (Å²) in [5, 5.41) is 13.1. The summed E-state index contributed by atoms with van der Waals surface area (Å²) in [5.41, 5.74) is 1.48. The Morgan fingerprint density at radius 1 is 1.03 bits per heavy atom. The van der Waals surface area contributed by atoms with Gasteiger partial charge in [0.1, 0.15) is 6.54 Å². The van der Waals surface area contributed by atoms with Crippen molar-refractivity contribution in [3.63, 3.8) is 0 Å². The summed E-state index contributed by atoms with van der Waals surface area (Å²) in [7, 11) is 0. The van der Waals surface area contributed by atoms with Gasteiger partial charge in [-0.05, 0) is 42.0 Å². The average molecular weight is 467 g/mol. The van der Waals surface area contributed by atoms with Gasteiger partial charge in [-0.25, -0.2) is 0 Å². The third-order valence-corrected chi connectivity index (χ3v) is 6.20. The molecule has 0 radical (unpaired) electrons. The molecular formula is C25H24F3N5O. The van der Waals surface area contributed by atoms with Crippen molar-refractivity contribution in [1.82, 2.24) is 19.6 Å². The number of anilines is 1. The lowest BCUT2D eigenvalue weighted by Gasteiger charge is -2.08. The highest BCUT2D eigenvalue weighted by atomic mass is 19.4. The Morgan fingerprint density at radius 3 is 2.68 bits per heavy atom. The Labute approximate surface area is 194 Å². The lowest BCUT2D eigenvalue weighted by Crippen LogP contribution is -2.21. The second kappa shape index (κ2) is 8.96. The van der Waals surface area contributed by atoms with Crippen molar-refractivity contribution in [1.29, 1.82) is 0 Å². The molecule has 0 saturated heterocycles. The third-order valence-electron chi connectivity index (χ3n) is 6.20. The van der Waals surface area contributed by atoms with Gasteiger partial charge in [0.05, 0.1) is 18.4 Å². The van der Waals surface area contributed by atoms with Crippen LogP contribution in [0.25, 0.3) is 10.8 Å². The molecular weight excluding hydrogens is 443 g/mol. The number of nitrogens with zero attached hydrogens (tertiary/aromatic N) is 4. The predicted octanol–water partition coefficient (Wildman–Crippen LogP) is 5.21. The second-order valence-corrected chi connectivity index (χ2v) is 8.60. The highest BCUT2D eigenvalue weighted by Gasteiger charge is 2.39. The maximum Gasteiger partial charge on any atom is 0.435 e. The normalized spacial score (nSPS) is 14.1. The van der Waals surface area contributed by atoms with Crippen molar-refractivity contribution < 1.29 is 18.0 Å². The van der Waals surface area contributed by atoms with E-state index in [9.17, 15) is 18.0 Å². The molecule has 1 aliphatic carbocycles. The summed E-state index contributed by atoms with van der Waals surface area (Å²) in [6.45, 7) is 0.256. The van der Waals surface area contributed by atoms with Crippen molar-refractivity contribution in [2.75, 3.05) is 5.32 Å². The molecule has 0 fully saturated rings. The van der Waals surface area contributed by atoms with Crippen LogP contribution in [-0.4, -0.2) is 25.5 Å². The van der Waals surface area contributed by atoms with Crippen LogP contribution < -0.4 is 5.32 Å². The number of nitrogens with one attached hydrogen (secondary N) is 1. The number of amides is 1. The number of halogens is 3. The monoisotopic (exact) mass is 467 g/mol. The summed E-state index contributed by atoms with van der Waals surface area (Å²) in [6, 6.07) is 14.2. The van der Waals surface area contributed by atoms with Gasteiger partial charge in [-0.3, -0.25) is 14.2 Å². The van der Waals surface area contributed by atoms with Crippen LogP contribution in [0.2, 0.25) is 0 Å². The Balaban J connectivity index is 1.30. The molecule has 1 N–H and O–H groups in total. The predicted molar refractivity (Wildman–Crippen MR) is 122 cm³/mol. The molecule has 0 atom stereocenters. The van der Waals surface area contributed by atoms with Gasteiger partial charge in [-0.1, -0.05) is 48.9 Å². The summed E-state index contributed by atoms with van der Waals surface area (Å²) < 4.78 is 43.4. The largest absolute Gasteiger partial charge is 0.435 e. The SMILES string of the molecule is O=C(Cn1nc(C(F)(F)F)c2c1CCCCC2)Nc1cnn(Cc2cccc3ccccc23)c1. The van der Waals surface area contributed by atoms with Gasteiger partial charge in [0.15, 0.2) is 5.69 Å². The van der Waals surface area contributed by atoms with E-state index < -0.39 is 17.8 Å². The Morgan fingerprint density at radius 2 is 1.82 bits per heavy atom. The van der Waals surface area contributed by atoms with Gasteiger partial charge in [0.25, 0.3) is 0 Å². The molecule has 176 valence electrons. The number of rotatable bonds is 5. The van der Waals surface area contributed by atoms with Gasteiger partial charge in [-0.15, -0.1) is 0 Å². The zero-order chi connectivity index (χ0) is 23.7. The van der Waals surface area contributed by atoms with E-state index in [1.54, 1.807) is 10.9 Å². The highest BCUT2D eigenvalue weighted by Crippen LogP contribution is 2.35. The van der Waals surface area contributed by atoms with E-state index in [4.69, 9.17) is 0 Å². The topological polar surface area (TPSA) is 64.7 Å². The van der Waals surface area contributed by atoms with E-state index in [1.807, 2.05) is 36.4 Å². The van der Waals surface area contributed by atoms with Crippen LogP contribution in [0.4, 0.5) is 18.9 Å². The van der Waals surface area contributed by atoms with Crippen LogP contribution in [-0.2, 0) is 36.9 Å². The maximum atomic E-state index is 13.5. The maximum absolute atomic E-state index is 13.5. The van der Waals surface area contributed by atoms with E-state index in [2.05, 4.69) is 21.6 Å². The summed E-state index contributed by atoms with van der Waals surface area (Å²) >= 11 is 0. The van der Waals surface area contributed by atoms with Crippen molar-refractivity contribution >= 4 is 22.4 Å². The Bertz CT molecular complexity index is 1330. The number of carbonyl (C=O) groups excluding carboxylic acids is 1. The van der Waals surface area contributed by atoms with Crippen molar-refractivity contribution in [2.45, 2.75) is 51.4 Å². The first-order chi connectivity index (χ1) is 16.4. The molecule has 0 saturated carbocycles. The van der Waals surface area contributed by atoms with Crippen LogP contribution >= 0.6 is 0 Å². The van der Waals surface area contributed by atoms with Crippen LogP contribution in [0.15, 0.2) is 54.9 Å². The number of aromatic nitrogens is 4. The molecule has 6 nitrogen and oxygen atoms in total. The number of hydrogen-bond acceptors (Lipinski definition) is 3. The van der Waals surface area contributed by atoms with Gasteiger partial charge < -0.3 is 5.32 Å². The van der Waals surface area contributed by atoms with Gasteiger partial charge in [-0.2, -0.15) is 23.4 Å². The highest BCUT2D eigenvalue weighted by molar-refractivity contribution is 5.90. The quantitative estimate of drug-likeness (QED) is 0.410. The van der Waals surface area contributed by atoms with Crippen molar-refractivity contribution in [3.8, 4) is 0 Å². The van der Waals surface area contributed by atoms with Crippen molar-refractivity contribution in [3.05, 3.63) is 77.4 Å². The van der Waals surface area contributed by atoms with E-state index in [-0.39, 0.29) is 12.1 Å². The number of alkyl halides is 3. The van der Waals surface area contributed by atoms with E-state index in [0.717, 1.165) is 29.2 Å². The smallest absolute Gasteiger partial charge is 0.322 e. The first-order valence-electron chi connectivity index (χ1n) is 11.3. The van der Waals surface area contributed by atoms with E-state index >= 15 is 0 Å². The molecule has 5 rings (SSSR count). The standard InChI is InChI=1S/C25H24F3N5O/c26-25(27,28)24-21-11-2-1-3-12-22(21)33(31-24)16-23(34)30-19-13-29-32(15-19)14-18-9-6-8-17-7-4-5-10-20(17)18/h4-10,13,15H,1-3,11-12,14,16H2,(H,30,34). The molecule has 0 spiro atoms. The summed E-state index contributed by atoms with van der Waals surface area (Å²) in [6.07, 6.45) is 1.91. The van der Waals surface area contributed by atoms with Crippen LogP contribution in [0.5, 0.6) is 0 Å². The molecule has 9 heteroatoms. The first-order valence-corrected chi connectivity index (χ1v) is 11.3. The van der Waals surface area contributed by atoms with Gasteiger partial charge in [0.2, 0.25) is 5.91 Å². The molecule has 4 aromatic rings. The fourth-order valence-electron chi connectivity index (χ4n) is 4.66.